The van der Waals surface area contributed by atoms with Crippen LogP contribution in [0.5, 0.6) is 0 Å². The van der Waals surface area contributed by atoms with Gasteiger partial charge in [0.1, 0.15) is 11.6 Å². The minimum atomic E-state index is -0.579. The second-order valence-corrected chi connectivity index (χ2v) is 6.32. The Morgan fingerprint density at radius 1 is 1.21 bits per heavy atom. The van der Waals surface area contributed by atoms with Gasteiger partial charge in [-0.3, -0.25) is 14.6 Å². The van der Waals surface area contributed by atoms with Crippen LogP contribution in [0.25, 0.3) is 0 Å². The first-order valence-electron chi connectivity index (χ1n) is 6.81. The molecule has 1 unspecified atom stereocenters. The van der Waals surface area contributed by atoms with Crippen molar-refractivity contribution in [2.75, 3.05) is 19.6 Å². The molecule has 1 atom stereocenters. The third-order valence-corrected chi connectivity index (χ3v) is 3.43. The minimum absolute atomic E-state index is 0.452. The van der Waals surface area contributed by atoms with Gasteiger partial charge in [0.05, 0.1) is 0 Å². The van der Waals surface area contributed by atoms with Gasteiger partial charge in [-0.2, -0.15) is 0 Å². The molecular formula is C13H23N3O3. The summed E-state index contributed by atoms with van der Waals surface area (Å²) < 4.78 is 5.33. The van der Waals surface area contributed by atoms with Crippen LogP contribution in [0.4, 0.5) is 4.79 Å². The lowest BCUT2D eigenvalue weighted by Crippen LogP contribution is -2.60. The van der Waals surface area contributed by atoms with Gasteiger partial charge in [-0.25, -0.2) is 4.79 Å². The van der Waals surface area contributed by atoms with Crippen LogP contribution in [0.2, 0.25) is 0 Å². The van der Waals surface area contributed by atoms with Gasteiger partial charge in [-0.15, -0.1) is 0 Å². The van der Waals surface area contributed by atoms with E-state index in [9.17, 15) is 9.59 Å². The zero-order valence-electron chi connectivity index (χ0n) is 11.9. The number of nitrogens with zero attached hydrogens (tertiary/aromatic N) is 2. The average Bonchev–Trinajstić information content (AvgIpc) is 3.09. The topological polar surface area (TPSA) is 75.9 Å². The molecule has 1 aliphatic heterocycles. The number of carbonyl (C=O) groups excluding carboxylic acids is 2. The van der Waals surface area contributed by atoms with E-state index < -0.39 is 23.6 Å². The molecule has 2 aliphatic rings. The first-order chi connectivity index (χ1) is 8.78. The summed E-state index contributed by atoms with van der Waals surface area (Å²) in [5, 5.41) is 0. The van der Waals surface area contributed by atoms with Gasteiger partial charge in [0, 0.05) is 25.7 Å². The molecule has 0 radical (unpaired) electrons. The number of hydrogen-bond acceptors (Lipinski definition) is 4. The Morgan fingerprint density at radius 3 is 2.32 bits per heavy atom. The standard InChI is InChI=1S/C13H23N3O3/c1-13(2,3)19-12(18)16-7-6-15(9-4-5-9)8-10(16)11(14)17/h9-10H,4-8H2,1-3H3,(H2,14,17). The molecule has 0 spiro atoms. The van der Waals surface area contributed by atoms with E-state index >= 15 is 0 Å². The third kappa shape index (κ3) is 3.59. The van der Waals surface area contributed by atoms with Crippen LogP contribution < -0.4 is 5.73 Å². The van der Waals surface area contributed by atoms with Crippen LogP contribution >= 0.6 is 0 Å². The lowest BCUT2D eigenvalue weighted by atomic mass is 10.1. The van der Waals surface area contributed by atoms with Crippen LogP contribution in [0.3, 0.4) is 0 Å². The van der Waals surface area contributed by atoms with Crippen molar-refractivity contribution in [1.82, 2.24) is 9.80 Å². The highest BCUT2D eigenvalue weighted by Crippen LogP contribution is 2.29. The van der Waals surface area contributed by atoms with Crippen LogP contribution in [0.15, 0.2) is 0 Å². The number of piperazine rings is 1. The fourth-order valence-corrected chi connectivity index (χ4v) is 2.36. The van der Waals surface area contributed by atoms with Crippen molar-refractivity contribution in [3.8, 4) is 0 Å². The van der Waals surface area contributed by atoms with E-state index in [4.69, 9.17) is 10.5 Å². The summed E-state index contributed by atoms with van der Waals surface area (Å²) in [5.41, 5.74) is 4.86. The first kappa shape index (κ1) is 14.1. The van der Waals surface area contributed by atoms with E-state index in [0.29, 0.717) is 19.1 Å². The lowest BCUT2D eigenvalue weighted by Gasteiger charge is -2.40. The summed E-state index contributed by atoms with van der Waals surface area (Å²) >= 11 is 0. The Kier molecular flexibility index (Phi) is 3.71. The SMILES string of the molecule is CC(C)(C)OC(=O)N1CCN(C2CC2)CC1C(N)=O. The highest BCUT2D eigenvalue weighted by Gasteiger charge is 2.40. The van der Waals surface area contributed by atoms with Gasteiger partial charge >= 0.3 is 6.09 Å². The van der Waals surface area contributed by atoms with E-state index in [1.807, 2.05) is 20.8 Å². The number of nitrogens with two attached hydrogens (primary N) is 1. The van der Waals surface area contributed by atoms with Gasteiger partial charge in [-0.05, 0) is 33.6 Å². The molecule has 19 heavy (non-hydrogen) atoms. The lowest BCUT2D eigenvalue weighted by molar-refractivity contribution is -0.125. The summed E-state index contributed by atoms with van der Waals surface area (Å²) in [5.74, 6) is -0.462. The minimum Gasteiger partial charge on any atom is -0.444 e. The maximum absolute atomic E-state index is 12.1. The largest absolute Gasteiger partial charge is 0.444 e. The molecule has 0 aromatic rings. The molecule has 0 aromatic carbocycles. The molecule has 6 heteroatoms. The van der Waals surface area contributed by atoms with E-state index in [1.165, 1.54) is 17.7 Å². The Hall–Kier alpha value is -1.30. The maximum Gasteiger partial charge on any atom is 0.411 e. The van der Waals surface area contributed by atoms with Crippen LogP contribution in [0.1, 0.15) is 33.6 Å². The van der Waals surface area contributed by atoms with Gasteiger partial charge < -0.3 is 10.5 Å². The number of primary amides is 1. The molecule has 1 heterocycles. The summed E-state index contributed by atoms with van der Waals surface area (Å²) in [6.45, 7) is 7.24. The van der Waals surface area contributed by atoms with E-state index in [0.717, 1.165) is 6.54 Å². The number of amides is 2. The molecule has 2 fully saturated rings. The Morgan fingerprint density at radius 2 is 1.84 bits per heavy atom. The summed E-state index contributed by atoms with van der Waals surface area (Å²) in [4.78, 5) is 27.4. The zero-order chi connectivity index (χ0) is 14.2. The summed E-state index contributed by atoms with van der Waals surface area (Å²) in [6, 6.07) is -0.00756. The normalized spacial score (nSPS) is 25.2. The van der Waals surface area contributed by atoms with Crippen molar-refractivity contribution >= 4 is 12.0 Å². The molecule has 6 nitrogen and oxygen atoms in total. The molecule has 2 N–H and O–H groups in total. The quantitative estimate of drug-likeness (QED) is 0.794. The molecule has 108 valence electrons. The smallest absolute Gasteiger partial charge is 0.411 e. The average molecular weight is 269 g/mol. The van der Waals surface area contributed by atoms with E-state index in [2.05, 4.69) is 4.90 Å². The van der Waals surface area contributed by atoms with Crippen molar-refractivity contribution in [2.45, 2.75) is 51.3 Å². The molecule has 0 aromatic heterocycles. The van der Waals surface area contributed by atoms with Crippen molar-refractivity contribution < 1.29 is 14.3 Å². The summed E-state index contributed by atoms with van der Waals surface area (Å²) in [7, 11) is 0. The van der Waals surface area contributed by atoms with E-state index in [1.54, 1.807) is 0 Å². The van der Waals surface area contributed by atoms with Crippen molar-refractivity contribution in [3.63, 3.8) is 0 Å². The highest BCUT2D eigenvalue weighted by atomic mass is 16.6. The molecule has 1 saturated carbocycles. The second kappa shape index (κ2) is 5.00. The Bertz CT molecular complexity index is 374. The molecule has 0 bridgehead atoms. The molecule has 1 aliphatic carbocycles. The predicted molar refractivity (Wildman–Crippen MR) is 70.5 cm³/mol. The van der Waals surface area contributed by atoms with E-state index in [-0.39, 0.29) is 0 Å². The molecule has 1 saturated heterocycles. The monoisotopic (exact) mass is 269 g/mol. The molecular weight excluding hydrogens is 246 g/mol. The zero-order valence-corrected chi connectivity index (χ0v) is 11.9. The number of rotatable bonds is 2. The van der Waals surface area contributed by atoms with Gasteiger partial charge in [0.15, 0.2) is 0 Å². The van der Waals surface area contributed by atoms with Gasteiger partial charge in [0.2, 0.25) is 5.91 Å². The number of ether oxygens (including phenoxy) is 1. The fraction of sp³-hybridized carbons (Fsp3) is 0.846. The first-order valence-corrected chi connectivity index (χ1v) is 6.81. The van der Waals surface area contributed by atoms with Crippen LogP contribution in [-0.4, -0.2) is 59.1 Å². The summed E-state index contributed by atoms with van der Waals surface area (Å²) in [6.07, 6.45) is 1.90. The molecule has 2 amide bonds. The van der Waals surface area contributed by atoms with Gasteiger partial charge in [0.25, 0.3) is 0 Å². The van der Waals surface area contributed by atoms with Crippen LogP contribution in [0, 0.1) is 0 Å². The van der Waals surface area contributed by atoms with Crippen LogP contribution in [-0.2, 0) is 9.53 Å². The number of hydrogen-bond donors (Lipinski definition) is 1. The third-order valence-electron chi connectivity index (χ3n) is 3.43. The Balaban J connectivity index is 2.02. The fourth-order valence-electron chi connectivity index (χ4n) is 2.36. The Labute approximate surface area is 113 Å². The van der Waals surface area contributed by atoms with Crippen molar-refractivity contribution in [1.29, 1.82) is 0 Å². The predicted octanol–water partition coefficient (Wildman–Crippen LogP) is 0.555. The highest BCUT2D eigenvalue weighted by molar-refractivity contribution is 5.84. The second-order valence-electron chi connectivity index (χ2n) is 6.32. The molecule has 2 rings (SSSR count). The number of carbonyl (C=O) groups is 2. The van der Waals surface area contributed by atoms with Crippen molar-refractivity contribution in [2.24, 2.45) is 5.73 Å². The van der Waals surface area contributed by atoms with Crippen molar-refractivity contribution in [3.05, 3.63) is 0 Å². The maximum atomic E-state index is 12.1. The van der Waals surface area contributed by atoms with Gasteiger partial charge in [-0.1, -0.05) is 0 Å².